The van der Waals surface area contributed by atoms with Gasteiger partial charge in [-0.1, -0.05) is 58.7 Å². The highest BCUT2D eigenvalue weighted by Gasteiger charge is 2.14. The van der Waals surface area contributed by atoms with Crippen molar-refractivity contribution >= 4 is 34.1 Å². The lowest BCUT2D eigenvalue weighted by Crippen LogP contribution is -2.12. The maximum atomic E-state index is 12.6. The van der Waals surface area contributed by atoms with Crippen molar-refractivity contribution in [3.63, 3.8) is 0 Å². The van der Waals surface area contributed by atoms with Crippen molar-refractivity contribution in [1.82, 2.24) is 5.16 Å². The highest BCUT2D eigenvalue weighted by molar-refractivity contribution is 6.33. The fourth-order valence-corrected chi connectivity index (χ4v) is 2.94. The third kappa shape index (κ3) is 3.07. The monoisotopic (exact) mass is 362 g/mol. The van der Waals surface area contributed by atoms with E-state index < -0.39 is 0 Å². The molecule has 26 heavy (non-hydrogen) atoms. The van der Waals surface area contributed by atoms with Gasteiger partial charge in [0.15, 0.2) is 5.76 Å². The normalized spacial score (nSPS) is 10.8. The summed E-state index contributed by atoms with van der Waals surface area (Å²) < 4.78 is 5.51. The predicted octanol–water partition coefficient (Wildman–Crippen LogP) is 5.71. The second-order valence-corrected chi connectivity index (χ2v) is 6.45. The van der Waals surface area contributed by atoms with Crippen molar-refractivity contribution in [1.29, 1.82) is 0 Å². The number of aromatic nitrogens is 1. The number of rotatable bonds is 3. The molecule has 0 aliphatic heterocycles. The van der Waals surface area contributed by atoms with Crippen molar-refractivity contribution in [3.05, 3.63) is 82.9 Å². The number of amides is 1. The molecule has 0 bridgehead atoms. The lowest BCUT2D eigenvalue weighted by atomic mass is 10.0. The molecule has 4 aromatic rings. The van der Waals surface area contributed by atoms with Gasteiger partial charge in [0.2, 0.25) is 0 Å². The molecular weight excluding hydrogens is 348 g/mol. The van der Waals surface area contributed by atoms with Gasteiger partial charge in [0.05, 0.1) is 16.1 Å². The number of para-hydroxylation sites is 1. The lowest BCUT2D eigenvalue weighted by molar-refractivity contribution is 0.102. The molecule has 4 nitrogen and oxygen atoms in total. The average molecular weight is 363 g/mol. The zero-order chi connectivity index (χ0) is 18.1. The maximum absolute atomic E-state index is 12.6. The molecule has 0 saturated carbocycles. The number of nitrogens with zero attached hydrogens (tertiary/aromatic N) is 1. The lowest BCUT2D eigenvalue weighted by Gasteiger charge is -2.07. The van der Waals surface area contributed by atoms with Crippen molar-refractivity contribution in [2.75, 3.05) is 5.32 Å². The summed E-state index contributed by atoms with van der Waals surface area (Å²) in [5.74, 6) is 0.406. The van der Waals surface area contributed by atoms with Crippen molar-refractivity contribution in [3.8, 4) is 11.3 Å². The van der Waals surface area contributed by atoms with E-state index in [-0.39, 0.29) is 5.91 Å². The summed E-state index contributed by atoms with van der Waals surface area (Å²) in [5.41, 5.74) is 3.87. The molecule has 1 heterocycles. The first-order valence-corrected chi connectivity index (χ1v) is 8.52. The molecule has 0 saturated heterocycles. The third-order valence-corrected chi connectivity index (χ3v) is 4.50. The van der Waals surface area contributed by atoms with Crippen molar-refractivity contribution < 1.29 is 9.32 Å². The number of halogens is 1. The van der Waals surface area contributed by atoms with Crippen LogP contribution >= 0.6 is 11.6 Å². The number of hydrogen-bond donors (Lipinski definition) is 1. The van der Waals surface area contributed by atoms with E-state index in [1.54, 1.807) is 30.3 Å². The Labute approximate surface area is 155 Å². The Hall–Kier alpha value is -3.11. The van der Waals surface area contributed by atoms with Crippen LogP contribution in [0.3, 0.4) is 0 Å². The molecule has 0 spiro atoms. The summed E-state index contributed by atoms with van der Waals surface area (Å²) in [6.45, 7) is 2.03. The maximum Gasteiger partial charge on any atom is 0.255 e. The first-order valence-electron chi connectivity index (χ1n) is 8.14. The van der Waals surface area contributed by atoms with Crippen LogP contribution in [-0.2, 0) is 0 Å². The summed E-state index contributed by atoms with van der Waals surface area (Å²) in [5, 5.41) is 8.20. The quantitative estimate of drug-likeness (QED) is 0.508. The number of anilines is 1. The minimum Gasteiger partial charge on any atom is -0.355 e. The molecule has 1 N–H and O–H groups in total. The van der Waals surface area contributed by atoms with Gasteiger partial charge in [-0.05, 0) is 37.3 Å². The van der Waals surface area contributed by atoms with Gasteiger partial charge in [-0.25, -0.2) is 0 Å². The van der Waals surface area contributed by atoms with Crippen LogP contribution in [0, 0.1) is 6.92 Å². The standard InChI is InChI=1S/C21H15ClN2O2/c1-13-6-8-14(9-7-13)20-16-12-15(10-11-18(16)24-26-20)21(25)23-19-5-3-2-4-17(19)22/h2-12H,1H3,(H,23,25). The van der Waals surface area contributed by atoms with Crippen molar-refractivity contribution in [2.24, 2.45) is 0 Å². The molecule has 0 unspecified atom stereocenters. The minimum atomic E-state index is -0.240. The van der Waals surface area contributed by atoms with E-state index >= 15 is 0 Å². The Morgan fingerprint density at radius 2 is 1.81 bits per heavy atom. The van der Waals surface area contributed by atoms with Gasteiger partial charge in [0, 0.05) is 11.1 Å². The first kappa shape index (κ1) is 16.4. The zero-order valence-electron chi connectivity index (χ0n) is 14.0. The van der Waals surface area contributed by atoms with Gasteiger partial charge in [0.1, 0.15) is 5.52 Å². The number of nitrogens with one attached hydrogen (secondary N) is 1. The highest BCUT2D eigenvalue weighted by atomic mass is 35.5. The van der Waals surface area contributed by atoms with E-state index in [4.69, 9.17) is 16.1 Å². The van der Waals surface area contributed by atoms with Crippen LogP contribution in [0.5, 0.6) is 0 Å². The minimum absolute atomic E-state index is 0.240. The van der Waals surface area contributed by atoms with Crippen LogP contribution in [0.1, 0.15) is 15.9 Å². The zero-order valence-corrected chi connectivity index (χ0v) is 14.7. The van der Waals surface area contributed by atoms with Gasteiger partial charge in [-0.3, -0.25) is 4.79 Å². The Bertz CT molecular complexity index is 1100. The van der Waals surface area contributed by atoms with Gasteiger partial charge in [0.25, 0.3) is 5.91 Å². The molecule has 3 aromatic carbocycles. The summed E-state index contributed by atoms with van der Waals surface area (Å²) in [6, 6.07) is 20.4. The Balaban J connectivity index is 1.71. The van der Waals surface area contributed by atoms with Gasteiger partial charge in [-0.2, -0.15) is 0 Å². The topological polar surface area (TPSA) is 55.1 Å². The first-order chi connectivity index (χ1) is 12.6. The van der Waals surface area contributed by atoms with E-state index in [9.17, 15) is 4.79 Å². The summed E-state index contributed by atoms with van der Waals surface area (Å²) in [6.07, 6.45) is 0. The van der Waals surface area contributed by atoms with E-state index in [0.29, 0.717) is 27.6 Å². The molecule has 128 valence electrons. The predicted molar refractivity (Wildman–Crippen MR) is 104 cm³/mol. The van der Waals surface area contributed by atoms with Crippen LogP contribution in [0.4, 0.5) is 5.69 Å². The second-order valence-electron chi connectivity index (χ2n) is 6.04. The van der Waals surface area contributed by atoms with Gasteiger partial charge in [-0.15, -0.1) is 0 Å². The number of aryl methyl sites for hydroxylation is 1. The Morgan fingerprint density at radius 3 is 2.58 bits per heavy atom. The van der Waals surface area contributed by atoms with Crippen LogP contribution in [0.2, 0.25) is 5.02 Å². The summed E-state index contributed by atoms with van der Waals surface area (Å²) >= 11 is 6.11. The molecule has 0 aliphatic rings. The smallest absolute Gasteiger partial charge is 0.255 e. The highest BCUT2D eigenvalue weighted by Crippen LogP contribution is 2.30. The number of fused-ring (bicyclic) bond motifs is 1. The van der Waals surface area contributed by atoms with E-state index in [1.165, 1.54) is 0 Å². The van der Waals surface area contributed by atoms with Gasteiger partial charge < -0.3 is 9.84 Å². The van der Waals surface area contributed by atoms with Crippen molar-refractivity contribution in [2.45, 2.75) is 6.92 Å². The number of benzene rings is 3. The molecule has 0 atom stereocenters. The molecule has 5 heteroatoms. The molecular formula is C21H15ClN2O2. The molecule has 4 rings (SSSR count). The van der Waals surface area contributed by atoms with Crippen LogP contribution < -0.4 is 5.32 Å². The Kier molecular flexibility index (Phi) is 4.19. The molecule has 0 fully saturated rings. The molecule has 1 aromatic heterocycles. The largest absolute Gasteiger partial charge is 0.355 e. The number of carbonyl (C=O) groups is 1. The van der Waals surface area contributed by atoms with Crippen LogP contribution in [0.15, 0.2) is 71.3 Å². The van der Waals surface area contributed by atoms with Crippen LogP contribution in [0.25, 0.3) is 22.2 Å². The summed E-state index contributed by atoms with van der Waals surface area (Å²) in [7, 11) is 0. The SMILES string of the molecule is Cc1ccc(-c2onc3ccc(C(=O)Nc4ccccc4Cl)cc23)cc1. The fraction of sp³-hybridized carbons (Fsp3) is 0.0476. The number of hydrogen-bond acceptors (Lipinski definition) is 3. The molecule has 0 radical (unpaired) electrons. The molecule has 1 amide bonds. The average Bonchev–Trinajstić information content (AvgIpc) is 3.07. The van der Waals surface area contributed by atoms with Crippen LogP contribution in [-0.4, -0.2) is 11.1 Å². The van der Waals surface area contributed by atoms with E-state index in [1.807, 2.05) is 43.3 Å². The second kappa shape index (κ2) is 6.65. The molecule has 0 aliphatic carbocycles. The third-order valence-electron chi connectivity index (χ3n) is 4.17. The van der Waals surface area contributed by atoms with Gasteiger partial charge >= 0.3 is 0 Å². The summed E-state index contributed by atoms with van der Waals surface area (Å²) in [4.78, 5) is 12.6. The Morgan fingerprint density at radius 1 is 1.04 bits per heavy atom. The fourth-order valence-electron chi connectivity index (χ4n) is 2.75. The van der Waals surface area contributed by atoms with E-state index in [0.717, 1.165) is 16.5 Å². The van der Waals surface area contributed by atoms with E-state index in [2.05, 4.69) is 10.5 Å². The number of carbonyl (C=O) groups excluding carboxylic acids is 1.